The number of aromatic nitrogens is 2. The summed E-state index contributed by atoms with van der Waals surface area (Å²) >= 11 is 0. The molecule has 5 N–H and O–H groups in total. The predicted molar refractivity (Wildman–Crippen MR) is 115 cm³/mol. The molecule has 160 valence electrons. The van der Waals surface area contributed by atoms with E-state index < -0.39 is 17.5 Å². The Morgan fingerprint density at radius 3 is 2.81 bits per heavy atom. The van der Waals surface area contributed by atoms with Crippen LogP contribution in [0.1, 0.15) is 21.5 Å². The van der Waals surface area contributed by atoms with E-state index in [0.717, 1.165) is 11.1 Å². The van der Waals surface area contributed by atoms with Crippen LogP contribution in [0.15, 0.2) is 36.4 Å². The molecule has 5 rings (SSSR count). The number of amides is 4. The minimum absolute atomic E-state index is 0.108. The van der Waals surface area contributed by atoms with Gasteiger partial charge >= 0.3 is 6.03 Å². The molecule has 2 aliphatic heterocycles. The van der Waals surface area contributed by atoms with Crippen molar-refractivity contribution >= 4 is 34.6 Å². The molecule has 1 atom stereocenters. The molecule has 0 saturated carbocycles. The number of aromatic amines is 1. The minimum atomic E-state index is -1.59. The van der Waals surface area contributed by atoms with Crippen molar-refractivity contribution in [2.45, 2.75) is 12.1 Å². The molecule has 3 aromatic rings. The highest BCUT2D eigenvalue weighted by Gasteiger charge is 2.48. The Bertz CT molecular complexity index is 1370. The number of hydrogen-bond acceptors (Lipinski definition) is 6. The number of hydrogen-bond donors (Lipinski definition) is 4. The van der Waals surface area contributed by atoms with E-state index in [1.54, 1.807) is 30.3 Å². The fourth-order valence-electron chi connectivity index (χ4n) is 3.90. The van der Waals surface area contributed by atoms with Crippen LogP contribution < -0.4 is 21.1 Å². The number of carbonyl (C=O) groups is 3. The Balaban J connectivity index is 1.48. The number of rotatable bonds is 3. The van der Waals surface area contributed by atoms with Crippen LogP contribution in [-0.2, 0) is 11.3 Å². The summed E-state index contributed by atoms with van der Waals surface area (Å²) in [5, 5.41) is 12.3. The molecule has 10 heteroatoms. The van der Waals surface area contributed by atoms with Crippen molar-refractivity contribution in [1.29, 1.82) is 0 Å². The second-order valence-corrected chi connectivity index (χ2v) is 7.62. The zero-order chi connectivity index (χ0) is 22.5. The van der Waals surface area contributed by atoms with E-state index in [2.05, 4.69) is 32.7 Å². The summed E-state index contributed by atoms with van der Waals surface area (Å²) in [6, 6.07) is 9.84. The number of nitrogen functional groups attached to an aromatic ring is 1. The number of anilines is 1. The average Bonchev–Trinajstić information content (AvgIpc) is 3.40. The molecule has 3 heterocycles. The van der Waals surface area contributed by atoms with Crippen LogP contribution in [0.4, 0.5) is 10.6 Å². The van der Waals surface area contributed by atoms with Gasteiger partial charge in [-0.05, 0) is 35.9 Å². The van der Waals surface area contributed by atoms with Gasteiger partial charge in [0.25, 0.3) is 11.8 Å². The van der Waals surface area contributed by atoms with Crippen molar-refractivity contribution < 1.29 is 19.1 Å². The van der Waals surface area contributed by atoms with Crippen molar-refractivity contribution in [2.24, 2.45) is 0 Å². The standard InChI is InChI=1S/C22H18N6O4/c1-32-14-4-3-13-10-28(19(29)15(13)9-14)11-22(20(30)24-21(31)25-22)7-6-12-2-5-17-16(8-12)18(23)27-26-17/h2-5,8-9H,10-11H2,1H3,(H3,23,26,27)(H2,24,25,30,31). The van der Waals surface area contributed by atoms with Crippen molar-refractivity contribution in [3.8, 4) is 17.6 Å². The summed E-state index contributed by atoms with van der Waals surface area (Å²) in [5.41, 5.74) is 6.91. The second kappa shape index (κ2) is 7.02. The van der Waals surface area contributed by atoms with Gasteiger partial charge in [0.15, 0.2) is 5.82 Å². The molecule has 1 aromatic heterocycles. The molecule has 1 unspecified atom stereocenters. The first-order chi connectivity index (χ1) is 15.4. The Labute approximate surface area is 182 Å². The molecule has 0 radical (unpaired) electrons. The van der Waals surface area contributed by atoms with Crippen LogP contribution >= 0.6 is 0 Å². The lowest BCUT2D eigenvalue weighted by atomic mass is 9.99. The minimum Gasteiger partial charge on any atom is -0.497 e. The topological polar surface area (TPSA) is 142 Å². The number of fused-ring (bicyclic) bond motifs is 2. The van der Waals surface area contributed by atoms with Crippen molar-refractivity contribution in [3.05, 3.63) is 53.1 Å². The van der Waals surface area contributed by atoms with E-state index in [9.17, 15) is 14.4 Å². The number of nitrogens with zero attached hydrogens (tertiary/aromatic N) is 2. The van der Waals surface area contributed by atoms with Gasteiger partial charge in [-0.25, -0.2) is 4.79 Å². The Morgan fingerprint density at radius 2 is 2.06 bits per heavy atom. The number of imide groups is 1. The van der Waals surface area contributed by atoms with Crippen LogP contribution in [0.25, 0.3) is 10.9 Å². The van der Waals surface area contributed by atoms with E-state index in [0.29, 0.717) is 34.6 Å². The van der Waals surface area contributed by atoms with Gasteiger partial charge in [0.2, 0.25) is 5.54 Å². The van der Waals surface area contributed by atoms with Gasteiger partial charge in [0, 0.05) is 23.1 Å². The first-order valence-electron chi connectivity index (χ1n) is 9.75. The van der Waals surface area contributed by atoms with Gasteiger partial charge in [0.1, 0.15) is 5.75 Å². The maximum absolute atomic E-state index is 13.0. The second-order valence-electron chi connectivity index (χ2n) is 7.62. The van der Waals surface area contributed by atoms with E-state index in [4.69, 9.17) is 10.5 Å². The maximum atomic E-state index is 13.0. The van der Waals surface area contributed by atoms with Gasteiger partial charge in [-0.3, -0.25) is 20.0 Å². The SMILES string of the molecule is COc1ccc2c(c1)C(=O)N(CC1(C#Cc3ccc4[nH]nc(N)c4c3)NC(=O)NC1=O)C2. The fourth-order valence-corrected chi connectivity index (χ4v) is 3.90. The lowest BCUT2D eigenvalue weighted by Gasteiger charge is -2.26. The summed E-state index contributed by atoms with van der Waals surface area (Å²) in [6.07, 6.45) is 0. The summed E-state index contributed by atoms with van der Waals surface area (Å²) in [6.45, 7) is 0.186. The smallest absolute Gasteiger partial charge is 0.323 e. The number of urea groups is 1. The first kappa shape index (κ1) is 19.4. The Morgan fingerprint density at radius 1 is 1.22 bits per heavy atom. The third kappa shape index (κ3) is 3.07. The third-order valence-corrected chi connectivity index (χ3v) is 5.58. The molecule has 32 heavy (non-hydrogen) atoms. The molecule has 0 aliphatic carbocycles. The molecule has 2 aliphatic rings. The molecule has 2 aromatic carbocycles. The quantitative estimate of drug-likeness (QED) is 0.357. The third-order valence-electron chi connectivity index (χ3n) is 5.58. The zero-order valence-electron chi connectivity index (χ0n) is 17.0. The average molecular weight is 430 g/mol. The largest absolute Gasteiger partial charge is 0.497 e. The van der Waals surface area contributed by atoms with Crippen LogP contribution in [0.3, 0.4) is 0 Å². The number of methoxy groups -OCH3 is 1. The van der Waals surface area contributed by atoms with Crippen molar-refractivity contribution in [2.75, 3.05) is 19.4 Å². The monoisotopic (exact) mass is 430 g/mol. The molecule has 0 spiro atoms. The lowest BCUT2D eigenvalue weighted by molar-refractivity contribution is -0.122. The molecule has 0 bridgehead atoms. The van der Waals surface area contributed by atoms with Gasteiger partial charge < -0.3 is 20.7 Å². The van der Waals surface area contributed by atoms with Crippen molar-refractivity contribution in [3.63, 3.8) is 0 Å². The van der Waals surface area contributed by atoms with Crippen LogP contribution in [-0.4, -0.2) is 52.1 Å². The number of benzene rings is 2. The highest BCUT2D eigenvalue weighted by molar-refractivity contribution is 6.10. The number of nitrogens with two attached hydrogens (primary N) is 1. The molecule has 4 amide bonds. The van der Waals surface area contributed by atoms with Crippen LogP contribution in [0, 0.1) is 11.8 Å². The highest BCUT2D eigenvalue weighted by Crippen LogP contribution is 2.28. The van der Waals surface area contributed by atoms with Gasteiger partial charge in [-0.15, -0.1) is 0 Å². The van der Waals surface area contributed by atoms with E-state index >= 15 is 0 Å². The summed E-state index contributed by atoms with van der Waals surface area (Å²) in [4.78, 5) is 39.1. The number of H-pyrrole nitrogens is 1. The normalized spacial score (nSPS) is 19.4. The summed E-state index contributed by atoms with van der Waals surface area (Å²) in [7, 11) is 1.52. The summed E-state index contributed by atoms with van der Waals surface area (Å²) < 4.78 is 5.20. The van der Waals surface area contributed by atoms with Crippen LogP contribution in [0.2, 0.25) is 0 Å². The van der Waals surface area contributed by atoms with Gasteiger partial charge in [0.05, 0.1) is 19.2 Å². The van der Waals surface area contributed by atoms with E-state index in [1.807, 2.05) is 6.07 Å². The maximum Gasteiger partial charge on any atom is 0.323 e. The Hall–Kier alpha value is -4.52. The fraction of sp³-hybridized carbons (Fsp3) is 0.182. The Kier molecular flexibility index (Phi) is 4.27. The summed E-state index contributed by atoms with van der Waals surface area (Å²) in [5.74, 6) is 5.84. The molecular weight excluding hydrogens is 412 g/mol. The predicted octanol–water partition coefficient (Wildman–Crippen LogP) is 0.739. The van der Waals surface area contributed by atoms with Crippen LogP contribution in [0.5, 0.6) is 5.75 Å². The lowest BCUT2D eigenvalue weighted by Crippen LogP contribution is -2.54. The molecule has 1 saturated heterocycles. The number of carbonyl (C=O) groups excluding carboxylic acids is 3. The zero-order valence-corrected chi connectivity index (χ0v) is 17.0. The van der Waals surface area contributed by atoms with E-state index in [1.165, 1.54) is 12.0 Å². The highest BCUT2D eigenvalue weighted by atomic mass is 16.5. The van der Waals surface area contributed by atoms with Gasteiger partial charge in [-0.2, -0.15) is 5.10 Å². The molecule has 10 nitrogen and oxygen atoms in total. The number of nitrogens with one attached hydrogen (secondary N) is 3. The molecule has 1 fully saturated rings. The van der Waals surface area contributed by atoms with E-state index in [-0.39, 0.29) is 12.5 Å². The molecular formula is C22H18N6O4. The van der Waals surface area contributed by atoms with Gasteiger partial charge in [-0.1, -0.05) is 17.9 Å². The number of ether oxygens (including phenoxy) is 1. The van der Waals surface area contributed by atoms with Crippen molar-refractivity contribution in [1.82, 2.24) is 25.7 Å². The first-order valence-corrected chi connectivity index (χ1v) is 9.75.